The van der Waals surface area contributed by atoms with E-state index in [1.54, 1.807) is 31.4 Å². The number of hydrogen-bond donors (Lipinski definition) is 2. The SMILES string of the molecule is COc1ccc(C(=O)OC[C@H]2O[C@@H](N3CCC(=O)NC3=O)C[C@@H]2N)cc1. The van der Waals surface area contributed by atoms with E-state index in [4.69, 9.17) is 19.9 Å². The molecule has 0 saturated carbocycles. The fourth-order valence-corrected chi connectivity index (χ4v) is 2.93. The van der Waals surface area contributed by atoms with Crippen molar-refractivity contribution in [3.05, 3.63) is 29.8 Å². The van der Waals surface area contributed by atoms with Crippen LogP contribution in [0.15, 0.2) is 24.3 Å². The minimum Gasteiger partial charge on any atom is -0.497 e. The summed E-state index contributed by atoms with van der Waals surface area (Å²) in [6, 6.07) is 5.67. The van der Waals surface area contributed by atoms with Crippen molar-refractivity contribution in [3.8, 4) is 5.75 Å². The highest BCUT2D eigenvalue weighted by Gasteiger charge is 2.40. The number of nitrogens with two attached hydrogens (primary N) is 1. The Bertz CT molecular complexity index is 692. The lowest BCUT2D eigenvalue weighted by Crippen LogP contribution is -2.53. The molecule has 0 aliphatic carbocycles. The Morgan fingerprint density at radius 1 is 1.35 bits per heavy atom. The van der Waals surface area contributed by atoms with E-state index in [-0.39, 0.29) is 31.5 Å². The third-order valence-electron chi connectivity index (χ3n) is 4.42. The second-order valence-electron chi connectivity index (χ2n) is 6.15. The highest BCUT2D eigenvalue weighted by Crippen LogP contribution is 2.24. The van der Waals surface area contributed by atoms with Gasteiger partial charge in [0.1, 0.15) is 24.7 Å². The van der Waals surface area contributed by atoms with Gasteiger partial charge in [0.15, 0.2) is 0 Å². The first-order valence-electron chi connectivity index (χ1n) is 8.30. The van der Waals surface area contributed by atoms with Gasteiger partial charge in [0.25, 0.3) is 0 Å². The molecule has 2 fully saturated rings. The second kappa shape index (κ2) is 7.71. The van der Waals surface area contributed by atoms with E-state index in [1.165, 1.54) is 4.90 Å². The van der Waals surface area contributed by atoms with Crippen molar-refractivity contribution in [3.63, 3.8) is 0 Å². The molecule has 0 bridgehead atoms. The van der Waals surface area contributed by atoms with E-state index < -0.39 is 24.3 Å². The van der Waals surface area contributed by atoms with Crippen molar-refractivity contribution in [2.45, 2.75) is 31.2 Å². The molecule has 0 unspecified atom stereocenters. The molecule has 9 nitrogen and oxygen atoms in total. The number of imide groups is 1. The third-order valence-corrected chi connectivity index (χ3v) is 4.42. The zero-order valence-corrected chi connectivity index (χ0v) is 14.3. The van der Waals surface area contributed by atoms with E-state index in [9.17, 15) is 14.4 Å². The smallest absolute Gasteiger partial charge is 0.338 e. The van der Waals surface area contributed by atoms with Crippen LogP contribution in [0.25, 0.3) is 0 Å². The second-order valence-corrected chi connectivity index (χ2v) is 6.15. The fourth-order valence-electron chi connectivity index (χ4n) is 2.93. The molecular weight excluding hydrogens is 342 g/mol. The number of amides is 3. The van der Waals surface area contributed by atoms with Gasteiger partial charge >= 0.3 is 12.0 Å². The van der Waals surface area contributed by atoms with Gasteiger partial charge in [0, 0.05) is 25.4 Å². The van der Waals surface area contributed by atoms with Crippen LogP contribution in [0.5, 0.6) is 5.75 Å². The van der Waals surface area contributed by atoms with Gasteiger partial charge in [-0.05, 0) is 24.3 Å². The molecule has 2 aliphatic rings. The van der Waals surface area contributed by atoms with Crippen LogP contribution in [0.4, 0.5) is 4.79 Å². The van der Waals surface area contributed by atoms with Crippen molar-refractivity contribution in [1.82, 2.24) is 10.2 Å². The Morgan fingerprint density at radius 2 is 2.08 bits per heavy atom. The van der Waals surface area contributed by atoms with Gasteiger partial charge in [-0.15, -0.1) is 0 Å². The average molecular weight is 363 g/mol. The summed E-state index contributed by atoms with van der Waals surface area (Å²) in [5, 5.41) is 2.25. The lowest BCUT2D eigenvalue weighted by atomic mass is 10.1. The fraction of sp³-hybridized carbons (Fsp3) is 0.471. The number of rotatable bonds is 5. The lowest BCUT2D eigenvalue weighted by molar-refractivity contribution is -0.123. The van der Waals surface area contributed by atoms with E-state index in [0.29, 0.717) is 17.7 Å². The largest absolute Gasteiger partial charge is 0.497 e. The van der Waals surface area contributed by atoms with Gasteiger partial charge < -0.3 is 19.9 Å². The summed E-state index contributed by atoms with van der Waals surface area (Å²) in [5.74, 6) is -0.157. The van der Waals surface area contributed by atoms with Crippen LogP contribution in [0, 0.1) is 0 Å². The topological polar surface area (TPSA) is 120 Å². The number of carbonyl (C=O) groups excluding carboxylic acids is 3. The van der Waals surface area contributed by atoms with Gasteiger partial charge in [0.05, 0.1) is 12.7 Å². The van der Waals surface area contributed by atoms with Crippen LogP contribution in [-0.2, 0) is 14.3 Å². The molecule has 1 aromatic carbocycles. The van der Waals surface area contributed by atoms with Crippen LogP contribution < -0.4 is 15.8 Å². The molecule has 9 heteroatoms. The van der Waals surface area contributed by atoms with Gasteiger partial charge in [-0.1, -0.05) is 0 Å². The number of hydrogen-bond acceptors (Lipinski definition) is 7. The summed E-state index contributed by atoms with van der Waals surface area (Å²) in [6.45, 7) is 0.261. The summed E-state index contributed by atoms with van der Waals surface area (Å²) < 4.78 is 16.1. The van der Waals surface area contributed by atoms with Crippen LogP contribution in [0.1, 0.15) is 23.2 Å². The number of methoxy groups -OCH3 is 1. The van der Waals surface area contributed by atoms with Crippen molar-refractivity contribution in [2.75, 3.05) is 20.3 Å². The van der Waals surface area contributed by atoms with E-state index in [2.05, 4.69) is 5.32 Å². The molecule has 26 heavy (non-hydrogen) atoms. The first-order chi connectivity index (χ1) is 12.5. The predicted molar refractivity (Wildman–Crippen MR) is 89.4 cm³/mol. The lowest BCUT2D eigenvalue weighted by Gasteiger charge is -2.31. The van der Waals surface area contributed by atoms with Crippen LogP contribution in [-0.4, -0.2) is 61.4 Å². The van der Waals surface area contributed by atoms with E-state index >= 15 is 0 Å². The van der Waals surface area contributed by atoms with E-state index in [0.717, 1.165) is 0 Å². The number of nitrogens with zero attached hydrogens (tertiary/aromatic N) is 1. The molecule has 3 amide bonds. The molecule has 1 aromatic rings. The van der Waals surface area contributed by atoms with Crippen molar-refractivity contribution < 1.29 is 28.6 Å². The van der Waals surface area contributed by atoms with Crippen molar-refractivity contribution in [1.29, 1.82) is 0 Å². The maximum Gasteiger partial charge on any atom is 0.338 e. The molecule has 2 aliphatic heterocycles. The summed E-state index contributed by atoms with van der Waals surface area (Å²) in [7, 11) is 1.54. The van der Waals surface area contributed by atoms with Crippen LogP contribution >= 0.6 is 0 Å². The summed E-state index contributed by atoms with van der Waals surface area (Å²) >= 11 is 0. The monoisotopic (exact) mass is 363 g/mol. The Balaban J connectivity index is 1.52. The molecule has 140 valence electrons. The predicted octanol–water partition coefficient (Wildman–Crippen LogP) is 0.236. The minimum absolute atomic E-state index is 0.0169. The number of nitrogens with one attached hydrogen (secondary N) is 1. The molecule has 3 atom stereocenters. The maximum atomic E-state index is 12.1. The number of urea groups is 1. The Hall–Kier alpha value is -2.65. The zero-order valence-electron chi connectivity index (χ0n) is 14.3. The number of benzene rings is 1. The summed E-state index contributed by atoms with van der Waals surface area (Å²) in [6.07, 6.45) is -0.431. The molecular formula is C17H21N3O6. The zero-order chi connectivity index (χ0) is 18.7. The van der Waals surface area contributed by atoms with Crippen LogP contribution in [0.3, 0.4) is 0 Å². The van der Waals surface area contributed by atoms with Gasteiger partial charge in [-0.2, -0.15) is 0 Å². The third kappa shape index (κ3) is 3.94. The van der Waals surface area contributed by atoms with Gasteiger partial charge in [0.2, 0.25) is 5.91 Å². The molecule has 0 spiro atoms. The molecule has 2 heterocycles. The number of esters is 1. The number of carbonyl (C=O) groups is 3. The van der Waals surface area contributed by atoms with Gasteiger partial charge in [-0.25, -0.2) is 9.59 Å². The minimum atomic E-state index is -0.539. The summed E-state index contributed by atoms with van der Waals surface area (Å²) in [5.41, 5.74) is 6.44. The highest BCUT2D eigenvalue weighted by molar-refractivity contribution is 5.96. The Labute approximate surface area is 150 Å². The van der Waals surface area contributed by atoms with E-state index in [1.807, 2.05) is 0 Å². The molecule has 0 aromatic heterocycles. The Kier molecular flexibility index (Phi) is 5.38. The highest BCUT2D eigenvalue weighted by atomic mass is 16.6. The normalized spacial score (nSPS) is 25.8. The maximum absolute atomic E-state index is 12.1. The molecule has 3 rings (SSSR count). The van der Waals surface area contributed by atoms with Crippen molar-refractivity contribution >= 4 is 17.9 Å². The first kappa shape index (κ1) is 18.2. The Morgan fingerprint density at radius 3 is 2.73 bits per heavy atom. The number of ether oxygens (including phenoxy) is 3. The average Bonchev–Trinajstić information content (AvgIpc) is 3.00. The quantitative estimate of drug-likeness (QED) is 0.719. The van der Waals surface area contributed by atoms with Gasteiger partial charge in [-0.3, -0.25) is 15.0 Å². The molecule has 3 N–H and O–H groups in total. The summed E-state index contributed by atoms with van der Waals surface area (Å²) in [4.78, 5) is 36.7. The van der Waals surface area contributed by atoms with Crippen molar-refractivity contribution in [2.24, 2.45) is 5.73 Å². The molecule has 0 radical (unpaired) electrons. The first-order valence-corrected chi connectivity index (χ1v) is 8.30. The van der Waals surface area contributed by atoms with Crippen LogP contribution in [0.2, 0.25) is 0 Å². The molecule has 2 saturated heterocycles. The standard InChI is InChI=1S/C17H21N3O6/c1-24-11-4-2-10(3-5-11)16(22)25-9-13-12(18)8-15(26-13)20-7-6-14(21)19-17(20)23/h2-5,12-13,15H,6-9,18H2,1H3,(H,19,21,23)/t12-,13+,15+/m0/s1.